The van der Waals surface area contributed by atoms with Gasteiger partial charge in [0, 0.05) is 18.0 Å². The molecule has 122 valence electrons. The molecule has 4 saturated carbocycles. The lowest BCUT2D eigenvalue weighted by atomic mass is 9.52. The Morgan fingerprint density at radius 2 is 1.57 bits per heavy atom. The quantitative estimate of drug-likeness (QED) is 0.825. The second-order valence-corrected chi connectivity index (χ2v) is 8.81. The van der Waals surface area contributed by atoms with Gasteiger partial charge in [0.25, 0.3) is 0 Å². The van der Waals surface area contributed by atoms with Crippen LogP contribution in [0.1, 0.15) is 50.5 Å². The zero-order valence-electron chi connectivity index (χ0n) is 13.9. The highest BCUT2D eigenvalue weighted by Crippen LogP contribution is 2.58. The van der Waals surface area contributed by atoms with Crippen LogP contribution in [0.25, 0.3) is 0 Å². The predicted molar refractivity (Wildman–Crippen MR) is 90.9 cm³/mol. The largest absolute Gasteiger partial charge is 0.337 e. The normalized spacial score (nSPS) is 41.7. The topological polar surface area (TPSA) is 20.3 Å². The molecular weight excluding hydrogens is 282 g/mol. The maximum Gasteiger partial charge on any atom is 0.226 e. The number of carbonyl (C=O) groups is 1. The summed E-state index contributed by atoms with van der Waals surface area (Å²) in [6.07, 6.45) is 10.3. The van der Waals surface area contributed by atoms with Crippen molar-refractivity contribution in [3.8, 4) is 0 Å². The van der Waals surface area contributed by atoms with Crippen LogP contribution in [0, 0.1) is 23.7 Å². The van der Waals surface area contributed by atoms with Crippen molar-refractivity contribution in [2.45, 2.75) is 56.9 Å². The highest BCUT2D eigenvalue weighted by molar-refractivity contribution is 5.82. The van der Waals surface area contributed by atoms with Crippen molar-refractivity contribution in [1.29, 1.82) is 0 Å². The van der Waals surface area contributed by atoms with Crippen molar-refractivity contribution in [2.24, 2.45) is 23.7 Å². The highest BCUT2D eigenvalue weighted by Gasteiger charge is 2.56. The molecule has 4 bridgehead atoms. The van der Waals surface area contributed by atoms with Gasteiger partial charge in [-0.25, -0.2) is 0 Å². The van der Waals surface area contributed by atoms with E-state index in [0.717, 1.165) is 37.1 Å². The number of hydrogen-bond donors (Lipinski definition) is 0. The zero-order valence-corrected chi connectivity index (χ0v) is 13.9. The van der Waals surface area contributed by atoms with Gasteiger partial charge in [-0.15, -0.1) is 0 Å². The molecule has 5 aliphatic rings. The first-order valence-electron chi connectivity index (χ1n) is 9.57. The molecule has 0 spiro atoms. The lowest BCUT2D eigenvalue weighted by Gasteiger charge is -2.60. The maximum atomic E-state index is 13.2. The number of rotatable bonds is 3. The third-order valence-electron chi connectivity index (χ3n) is 7.22. The third kappa shape index (κ3) is 2.25. The number of benzene rings is 1. The Kier molecular flexibility index (Phi) is 3.11. The molecule has 0 radical (unpaired) electrons. The van der Waals surface area contributed by atoms with Crippen LogP contribution in [0.5, 0.6) is 0 Å². The average molecular weight is 309 g/mol. The molecule has 1 saturated heterocycles. The van der Waals surface area contributed by atoms with Gasteiger partial charge >= 0.3 is 0 Å². The maximum absolute atomic E-state index is 13.2. The second kappa shape index (κ2) is 5.09. The van der Waals surface area contributed by atoms with Gasteiger partial charge in [0.2, 0.25) is 5.91 Å². The Bertz CT molecular complexity index is 572. The molecule has 6 rings (SSSR count). The standard InChI is InChI=1S/C21H27NO/c23-20-19(11-15-4-2-1-3-5-15)6-7-22(20)21-12-16-8-17(13-21)10-18(9-16)14-21/h1-5,16-19H,6-14H2. The Hall–Kier alpha value is -1.31. The van der Waals surface area contributed by atoms with Crippen LogP contribution in [0.2, 0.25) is 0 Å². The smallest absolute Gasteiger partial charge is 0.226 e. The van der Waals surface area contributed by atoms with Crippen LogP contribution in [-0.2, 0) is 11.2 Å². The van der Waals surface area contributed by atoms with Gasteiger partial charge in [-0.1, -0.05) is 30.3 Å². The molecule has 1 aliphatic heterocycles. The van der Waals surface area contributed by atoms with Crippen molar-refractivity contribution >= 4 is 5.91 Å². The first kappa shape index (κ1) is 14.1. The molecule has 5 fully saturated rings. The predicted octanol–water partition coefficient (Wildman–Crippen LogP) is 4.05. The van der Waals surface area contributed by atoms with E-state index >= 15 is 0 Å². The third-order valence-corrected chi connectivity index (χ3v) is 7.22. The van der Waals surface area contributed by atoms with Crippen molar-refractivity contribution in [3.05, 3.63) is 35.9 Å². The summed E-state index contributed by atoms with van der Waals surface area (Å²) in [5.74, 6) is 3.45. The Morgan fingerprint density at radius 3 is 2.17 bits per heavy atom. The molecule has 23 heavy (non-hydrogen) atoms. The van der Waals surface area contributed by atoms with E-state index in [2.05, 4.69) is 35.2 Å². The van der Waals surface area contributed by atoms with E-state index in [1.54, 1.807) is 0 Å². The molecule has 1 unspecified atom stereocenters. The van der Waals surface area contributed by atoms with Crippen LogP contribution in [0.15, 0.2) is 30.3 Å². The van der Waals surface area contributed by atoms with E-state index in [1.165, 1.54) is 44.1 Å². The van der Waals surface area contributed by atoms with Crippen molar-refractivity contribution in [1.82, 2.24) is 4.90 Å². The Labute approximate surface area is 139 Å². The molecule has 2 nitrogen and oxygen atoms in total. The van der Waals surface area contributed by atoms with E-state index < -0.39 is 0 Å². The molecule has 1 atom stereocenters. The summed E-state index contributed by atoms with van der Waals surface area (Å²) in [4.78, 5) is 15.5. The summed E-state index contributed by atoms with van der Waals surface area (Å²) in [5.41, 5.74) is 1.58. The molecule has 0 N–H and O–H groups in total. The zero-order chi connectivity index (χ0) is 15.4. The van der Waals surface area contributed by atoms with Crippen LogP contribution in [0.4, 0.5) is 0 Å². The van der Waals surface area contributed by atoms with Crippen molar-refractivity contribution in [3.63, 3.8) is 0 Å². The molecule has 1 heterocycles. The summed E-state index contributed by atoms with van der Waals surface area (Å²) in [7, 11) is 0. The summed E-state index contributed by atoms with van der Waals surface area (Å²) < 4.78 is 0. The van der Waals surface area contributed by atoms with Gasteiger partial charge < -0.3 is 4.90 Å². The number of hydrogen-bond acceptors (Lipinski definition) is 1. The number of amides is 1. The molecule has 1 aromatic rings. The van der Waals surface area contributed by atoms with Crippen LogP contribution in [0.3, 0.4) is 0 Å². The SMILES string of the molecule is O=C1C(Cc2ccccc2)CCN1C12CC3CC(CC(C3)C1)C2. The van der Waals surface area contributed by atoms with Gasteiger partial charge in [0.15, 0.2) is 0 Å². The monoisotopic (exact) mass is 309 g/mol. The fraction of sp³-hybridized carbons (Fsp3) is 0.667. The van der Waals surface area contributed by atoms with Gasteiger partial charge in [0.05, 0.1) is 0 Å². The molecule has 1 aromatic carbocycles. The highest BCUT2D eigenvalue weighted by atomic mass is 16.2. The molecule has 2 heteroatoms. The lowest BCUT2D eigenvalue weighted by Crippen LogP contribution is -2.60. The van der Waals surface area contributed by atoms with E-state index in [1.807, 2.05) is 0 Å². The van der Waals surface area contributed by atoms with Crippen molar-refractivity contribution in [2.75, 3.05) is 6.54 Å². The Balaban J connectivity index is 1.35. The summed E-state index contributed by atoms with van der Waals surface area (Å²) in [5, 5.41) is 0. The van der Waals surface area contributed by atoms with E-state index in [9.17, 15) is 4.79 Å². The van der Waals surface area contributed by atoms with Crippen LogP contribution < -0.4 is 0 Å². The number of likely N-dealkylation sites (tertiary alicyclic amines) is 1. The van der Waals surface area contributed by atoms with Crippen molar-refractivity contribution < 1.29 is 4.79 Å². The summed E-state index contributed by atoms with van der Waals surface area (Å²) in [6, 6.07) is 10.6. The van der Waals surface area contributed by atoms with Crippen LogP contribution in [-0.4, -0.2) is 22.9 Å². The number of nitrogens with zero attached hydrogens (tertiary/aromatic N) is 1. The summed E-state index contributed by atoms with van der Waals surface area (Å²) >= 11 is 0. The molecule has 1 amide bonds. The van der Waals surface area contributed by atoms with E-state index in [-0.39, 0.29) is 11.5 Å². The Morgan fingerprint density at radius 1 is 0.957 bits per heavy atom. The number of carbonyl (C=O) groups excluding carboxylic acids is 1. The van der Waals surface area contributed by atoms with Crippen LogP contribution >= 0.6 is 0 Å². The fourth-order valence-electron chi connectivity index (χ4n) is 6.69. The van der Waals surface area contributed by atoms with E-state index in [4.69, 9.17) is 0 Å². The first-order valence-corrected chi connectivity index (χ1v) is 9.57. The summed E-state index contributed by atoms with van der Waals surface area (Å²) in [6.45, 7) is 1.02. The fourth-order valence-corrected chi connectivity index (χ4v) is 6.69. The minimum atomic E-state index is 0.227. The molecular formula is C21H27NO. The van der Waals surface area contributed by atoms with Gasteiger partial charge in [-0.05, 0) is 74.7 Å². The van der Waals surface area contributed by atoms with E-state index in [0.29, 0.717) is 5.91 Å². The van der Waals surface area contributed by atoms with Gasteiger partial charge in [-0.2, -0.15) is 0 Å². The minimum Gasteiger partial charge on any atom is -0.337 e. The van der Waals surface area contributed by atoms with Gasteiger partial charge in [-0.3, -0.25) is 4.79 Å². The molecule has 0 aromatic heterocycles. The average Bonchev–Trinajstić information content (AvgIpc) is 2.89. The molecule has 4 aliphatic carbocycles. The van der Waals surface area contributed by atoms with Gasteiger partial charge in [0.1, 0.15) is 0 Å². The lowest BCUT2D eigenvalue weighted by molar-refractivity contribution is -0.147. The first-order chi connectivity index (χ1) is 11.2. The second-order valence-electron chi connectivity index (χ2n) is 8.81. The minimum absolute atomic E-state index is 0.227.